The van der Waals surface area contributed by atoms with Crippen LogP contribution in [0, 0.1) is 0 Å². The molecule has 0 radical (unpaired) electrons. The summed E-state index contributed by atoms with van der Waals surface area (Å²) < 4.78 is 12.3. The highest BCUT2D eigenvalue weighted by Crippen LogP contribution is 2.24. The Labute approximate surface area is 100.0 Å². The van der Waals surface area contributed by atoms with Crippen LogP contribution in [0.25, 0.3) is 0 Å². The molecule has 5 heteroatoms. The number of benzene rings is 1. The first kappa shape index (κ1) is 11.3. The molecule has 0 unspecified atom stereocenters. The largest absolute Gasteiger partial charge is 0.497 e. The van der Waals surface area contributed by atoms with E-state index in [0.29, 0.717) is 6.54 Å². The average molecular weight is 233 g/mol. The summed E-state index contributed by atoms with van der Waals surface area (Å²) >= 11 is 0. The van der Waals surface area contributed by atoms with Crippen molar-refractivity contribution in [2.24, 2.45) is 0 Å². The first-order valence-electron chi connectivity index (χ1n) is 5.26. The van der Waals surface area contributed by atoms with Gasteiger partial charge in [0, 0.05) is 24.0 Å². The van der Waals surface area contributed by atoms with Crippen LogP contribution < -0.4 is 14.9 Å². The zero-order chi connectivity index (χ0) is 12.1. The van der Waals surface area contributed by atoms with E-state index in [9.17, 15) is 0 Å². The van der Waals surface area contributed by atoms with Crippen molar-refractivity contribution in [2.45, 2.75) is 6.54 Å². The van der Waals surface area contributed by atoms with Crippen molar-refractivity contribution in [1.82, 2.24) is 9.66 Å². The highest BCUT2D eigenvalue weighted by Gasteiger charge is 2.04. The van der Waals surface area contributed by atoms with Gasteiger partial charge in [0.2, 0.25) is 0 Å². The molecule has 1 N–H and O–H groups in total. The maximum atomic E-state index is 5.31. The molecule has 0 aliphatic heterocycles. The topological polar surface area (TPSA) is 48.3 Å². The molecule has 0 saturated heterocycles. The lowest BCUT2D eigenvalue weighted by atomic mass is 10.2. The number of hydrogen-bond donors (Lipinski definition) is 1. The third-order valence-corrected chi connectivity index (χ3v) is 2.45. The molecule has 0 bridgehead atoms. The fourth-order valence-electron chi connectivity index (χ4n) is 1.53. The van der Waals surface area contributed by atoms with Crippen molar-refractivity contribution in [3.05, 3.63) is 42.5 Å². The van der Waals surface area contributed by atoms with Gasteiger partial charge in [-0.25, -0.2) is 4.98 Å². The van der Waals surface area contributed by atoms with Gasteiger partial charge in [-0.1, -0.05) is 0 Å². The molecule has 0 spiro atoms. The summed E-state index contributed by atoms with van der Waals surface area (Å²) in [6.45, 7) is 0.656. The van der Waals surface area contributed by atoms with Gasteiger partial charge < -0.3 is 14.9 Å². The van der Waals surface area contributed by atoms with Gasteiger partial charge in [-0.05, 0) is 12.1 Å². The number of rotatable bonds is 5. The normalized spacial score (nSPS) is 10.0. The molecule has 2 rings (SSSR count). The molecule has 0 atom stereocenters. The van der Waals surface area contributed by atoms with Crippen LogP contribution in [0.1, 0.15) is 5.56 Å². The summed E-state index contributed by atoms with van der Waals surface area (Å²) in [5.74, 6) is 1.59. The van der Waals surface area contributed by atoms with Crippen molar-refractivity contribution in [2.75, 3.05) is 19.6 Å². The van der Waals surface area contributed by atoms with E-state index < -0.39 is 0 Å². The van der Waals surface area contributed by atoms with E-state index in [0.717, 1.165) is 17.1 Å². The van der Waals surface area contributed by atoms with Gasteiger partial charge in [-0.15, -0.1) is 0 Å². The van der Waals surface area contributed by atoms with E-state index in [1.807, 2.05) is 24.4 Å². The highest BCUT2D eigenvalue weighted by molar-refractivity contribution is 5.41. The molecular formula is C12H15N3O2. The second kappa shape index (κ2) is 5.25. The van der Waals surface area contributed by atoms with Gasteiger partial charge in [-0.3, -0.25) is 4.68 Å². The minimum Gasteiger partial charge on any atom is -0.497 e. The lowest BCUT2D eigenvalue weighted by Gasteiger charge is -2.12. The first-order valence-corrected chi connectivity index (χ1v) is 5.26. The molecule has 0 aliphatic carbocycles. The smallest absolute Gasteiger partial charge is 0.127 e. The quantitative estimate of drug-likeness (QED) is 0.853. The molecule has 0 amide bonds. The maximum absolute atomic E-state index is 5.31. The Balaban J connectivity index is 2.09. The molecule has 0 saturated carbocycles. The summed E-state index contributed by atoms with van der Waals surface area (Å²) in [7, 11) is 3.29. The van der Waals surface area contributed by atoms with Gasteiger partial charge in [0.15, 0.2) is 0 Å². The molecule has 1 heterocycles. The SMILES string of the molecule is COc1ccc(CNn2ccnc2)c(OC)c1. The maximum Gasteiger partial charge on any atom is 0.127 e. The number of methoxy groups -OCH3 is 2. The minimum absolute atomic E-state index is 0.656. The molecule has 0 aliphatic rings. The summed E-state index contributed by atoms with van der Waals surface area (Å²) in [5, 5.41) is 0. The van der Waals surface area contributed by atoms with Crippen molar-refractivity contribution in [1.29, 1.82) is 0 Å². The molecular weight excluding hydrogens is 218 g/mol. The van der Waals surface area contributed by atoms with Crippen molar-refractivity contribution >= 4 is 0 Å². The zero-order valence-electron chi connectivity index (χ0n) is 9.88. The number of aromatic nitrogens is 2. The summed E-state index contributed by atoms with van der Waals surface area (Å²) in [4.78, 5) is 3.95. The van der Waals surface area contributed by atoms with E-state index in [1.165, 1.54) is 0 Å². The third-order valence-electron chi connectivity index (χ3n) is 2.45. The van der Waals surface area contributed by atoms with E-state index >= 15 is 0 Å². The summed E-state index contributed by atoms with van der Waals surface area (Å²) in [6.07, 6.45) is 5.27. The highest BCUT2D eigenvalue weighted by atomic mass is 16.5. The van der Waals surface area contributed by atoms with Crippen LogP contribution in [0.4, 0.5) is 0 Å². The van der Waals surface area contributed by atoms with Gasteiger partial charge >= 0.3 is 0 Å². The van der Waals surface area contributed by atoms with Crippen molar-refractivity contribution < 1.29 is 9.47 Å². The Bertz CT molecular complexity index is 469. The molecule has 1 aromatic carbocycles. The van der Waals surface area contributed by atoms with Crippen LogP contribution in [0.5, 0.6) is 11.5 Å². The fraction of sp³-hybridized carbons (Fsp3) is 0.250. The lowest BCUT2D eigenvalue weighted by molar-refractivity contribution is 0.391. The fourth-order valence-corrected chi connectivity index (χ4v) is 1.53. The minimum atomic E-state index is 0.656. The van der Waals surface area contributed by atoms with Crippen LogP contribution >= 0.6 is 0 Å². The summed E-state index contributed by atoms with van der Waals surface area (Å²) in [6, 6.07) is 5.75. The average Bonchev–Trinajstić information content (AvgIpc) is 2.89. The second-order valence-electron chi connectivity index (χ2n) is 3.48. The van der Waals surface area contributed by atoms with E-state index in [4.69, 9.17) is 9.47 Å². The number of nitrogens with one attached hydrogen (secondary N) is 1. The Morgan fingerprint density at radius 3 is 2.82 bits per heavy atom. The second-order valence-corrected chi connectivity index (χ2v) is 3.48. The van der Waals surface area contributed by atoms with Gasteiger partial charge in [0.1, 0.15) is 17.8 Å². The predicted octanol–water partition coefficient (Wildman–Crippen LogP) is 1.64. The molecule has 1 aromatic heterocycles. The van der Waals surface area contributed by atoms with Crippen molar-refractivity contribution in [3.8, 4) is 11.5 Å². The predicted molar refractivity (Wildman–Crippen MR) is 64.8 cm³/mol. The zero-order valence-corrected chi connectivity index (χ0v) is 9.88. The summed E-state index contributed by atoms with van der Waals surface area (Å²) in [5.41, 5.74) is 4.24. The van der Waals surface area contributed by atoms with Crippen LogP contribution in [0.2, 0.25) is 0 Å². The van der Waals surface area contributed by atoms with Gasteiger partial charge in [-0.2, -0.15) is 0 Å². The van der Waals surface area contributed by atoms with E-state index in [1.54, 1.807) is 31.4 Å². The lowest BCUT2D eigenvalue weighted by Crippen LogP contribution is -2.12. The molecule has 0 fully saturated rings. The monoisotopic (exact) mass is 233 g/mol. The van der Waals surface area contributed by atoms with Crippen LogP contribution in [0.3, 0.4) is 0 Å². The standard InChI is InChI=1S/C12H15N3O2/c1-16-11-4-3-10(12(7-11)17-2)8-14-15-6-5-13-9-15/h3-7,9,14H,8H2,1-2H3. The Morgan fingerprint density at radius 1 is 1.29 bits per heavy atom. The molecule has 2 aromatic rings. The Hall–Kier alpha value is -2.17. The Kier molecular flexibility index (Phi) is 3.49. The van der Waals surface area contributed by atoms with E-state index in [2.05, 4.69) is 10.4 Å². The molecule has 17 heavy (non-hydrogen) atoms. The van der Waals surface area contributed by atoms with Crippen LogP contribution in [-0.4, -0.2) is 23.9 Å². The van der Waals surface area contributed by atoms with Gasteiger partial charge in [0.25, 0.3) is 0 Å². The van der Waals surface area contributed by atoms with Crippen LogP contribution in [0.15, 0.2) is 36.9 Å². The first-order chi connectivity index (χ1) is 8.33. The number of hydrogen-bond acceptors (Lipinski definition) is 4. The van der Waals surface area contributed by atoms with Crippen molar-refractivity contribution in [3.63, 3.8) is 0 Å². The van der Waals surface area contributed by atoms with Gasteiger partial charge in [0.05, 0.1) is 20.8 Å². The van der Waals surface area contributed by atoms with Crippen LogP contribution in [-0.2, 0) is 6.54 Å². The molecule has 5 nitrogen and oxygen atoms in total. The van der Waals surface area contributed by atoms with E-state index in [-0.39, 0.29) is 0 Å². The third kappa shape index (κ3) is 2.69. The molecule has 90 valence electrons. The number of imidazole rings is 1. The number of nitrogens with zero attached hydrogens (tertiary/aromatic N) is 2. The Morgan fingerprint density at radius 2 is 2.18 bits per heavy atom. The number of ether oxygens (including phenoxy) is 2.